The molecule has 3 heteroatoms. The van der Waals surface area contributed by atoms with Gasteiger partial charge in [0, 0.05) is 4.87 Å². The molecular weight excluding hydrogens is 222 g/mol. The lowest BCUT2D eigenvalue weighted by molar-refractivity contribution is 0.312. The molecule has 16 heavy (non-hydrogen) atoms. The number of ether oxygens (including phenoxy) is 1. The Morgan fingerprint density at radius 3 is 2.50 bits per heavy atom. The second-order valence-electron chi connectivity index (χ2n) is 5.19. The summed E-state index contributed by atoms with van der Waals surface area (Å²) in [4.78, 5) is -0.0621. The smallest absolute Gasteiger partial charge is 0.0826 e. The van der Waals surface area contributed by atoms with Gasteiger partial charge in [0.2, 0.25) is 0 Å². The van der Waals surface area contributed by atoms with Crippen LogP contribution in [0.3, 0.4) is 0 Å². The second-order valence-corrected chi connectivity index (χ2v) is 6.05. The van der Waals surface area contributed by atoms with Gasteiger partial charge < -0.3 is 10.9 Å². The molecule has 1 aliphatic heterocycles. The third-order valence-corrected chi connectivity index (χ3v) is 4.07. The molecule has 1 heterocycles. The van der Waals surface area contributed by atoms with E-state index < -0.39 is 0 Å². The van der Waals surface area contributed by atoms with Crippen LogP contribution in [-0.2, 0) is 4.74 Å². The topological polar surface area (TPSA) is 47.5 Å². The molecule has 98 valence electrons. The molecule has 1 aliphatic rings. The van der Waals surface area contributed by atoms with Crippen LogP contribution in [0.25, 0.3) is 0 Å². The Morgan fingerprint density at radius 2 is 2.00 bits per heavy atom. The molecule has 0 saturated carbocycles. The Hall–Kier alpha value is 0.210. The monoisotopic (exact) mass is 249 g/mol. The zero-order chi connectivity index (χ0) is 11.3. The van der Waals surface area contributed by atoms with Gasteiger partial charge in [-0.25, -0.2) is 0 Å². The second kappa shape index (κ2) is 7.52. The van der Waals surface area contributed by atoms with Crippen molar-refractivity contribution in [2.24, 2.45) is 5.92 Å². The van der Waals surface area contributed by atoms with Crippen molar-refractivity contribution in [3.05, 3.63) is 0 Å². The molecule has 0 radical (unpaired) electrons. The summed E-state index contributed by atoms with van der Waals surface area (Å²) in [5.41, 5.74) is 0. The van der Waals surface area contributed by atoms with Crippen LogP contribution in [-0.4, -0.2) is 17.6 Å². The summed E-state index contributed by atoms with van der Waals surface area (Å²) < 4.78 is 5.25. The molecule has 0 aromatic rings. The van der Waals surface area contributed by atoms with Crippen LogP contribution in [0.5, 0.6) is 0 Å². The van der Waals surface area contributed by atoms with E-state index in [0.717, 1.165) is 13.0 Å². The van der Waals surface area contributed by atoms with E-state index in [9.17, 15) is 0 Å². The normalized spacial score (nSPS) is 24.4. The van der Waals surface area contributed by atoms with Crippen molar-refractivity contribution in [2.45, 2.75) is 70.3 Å². The van der Waals surface area contributed by atoms with Crippen LogP contribution in [0.2, 0.25) is 0 Å². The molecule has 1 saturated heterocycles. The van der Waals surface area contributed by atoms with Gasteiger partial charge in [-0.1, -0.05) is 39.5 Å². The third-order valence-electron chi connectivity index (χ3n) is 3.55. The SMILES string of the molecule is CCCCCCC(C)C(C)(Cl)CC1CO1.N. The molecule has 2 nitrogen and oxygen atoms in total. The van der Waals surface area contributed by atoms with Gasteiger partial charge in [0.25, 0.3) is 0 Å². The Kier molecular flexibility index (Phi) is 7.62. The van der Waals surface area contributed by atoms with Crippen LogP contribution in [0, 0.1) is 5.92 Å². The molecule has 1 fully saturated rings. The zero-order valence-electron chi connectivity index (χ0n) is 11.1. The molecular formula is C13H28ClNO. The standard InChI is InChI=1S/C13H25ClO.H3N/c1-4-5-6-7-8-11(2)13(3,14)9-12-10-15-12;/h11-12H,4-10H2,1-3H3;1H3. The largest absolute Gasteiger partial charge is 0.373 e. The van der Waals surface area contributed by atoms with Crippen molar-refractivity contribution < 1.29 is 4.74 Å². The first-order chi connectivity index (χ1) is 7.06. The van der Waals surface area contributed by atoms with Crippen LogP contribution in [0.15, 0.2) is 0 Å². The van der Waals surface area contributed by atoms with Crippen molar-refractivity contribution in [2.75, 3.05) is 6.61 Å². The minimum Gasteiger partial charge on any atom is -0.373 e. The molecule has 0 spiro atoms. The molecule has 0 aromatic heterocycles. The van der Waals surface area contributed by atoms with Gasteiger partial charge in [-0.2, -0.15) is 0 Å². The molecule has 3 N–H and O–H groups in total. The van der Waals surface area contributed by atoms with Crippen molar-refractivity contribution in [1.82, 2.24) is 6.15 Å². The minimum atomic E-state index is -0.0621. The fourth-order valence-electron chi connectivity index (χ4n) is 2.01. The molecule has 3 atom stereocenters. The van der Waals surface area contributed by atoms with E-state index in [1.54, 1.807) is 0 Å². The van der Waals surface area contributed by atoms with Crippen LogP contribution >= 0.6 is 11.6 Å². The summed E-state index contributed by atoms with van der Waals surface area (Å²) in [6.45, 7) is 7.62. The van der Waals surface area contributed by atoms with E-state index in [2.05, 4.69) is 20.8 Å². The maximum Gasteiger partial charge on any atom is 0.0826 e. The number of hydrogen-bond acceptors (Lipinski definition) is 2. The minimum absolute atomic E-state index is 0. The lowest BCUT2D eigenvalue weighted by Gasteiger charge is -2.28. The van der Waals surface area contributed by atoms with Gasteiger partial charge in [0.05, 0.1) is 12.7 Å². The first-order valence-corrected chi connectivity index (χ1v) is 6.74. The molecule has 0 bridgehead atoms. The summed E-state index contributed by atoms with van der Waals surface area (Å²) in [6, 6.07) is 0. The average molecular weight is 250 g/mol. The van der Waals surface area contributed by atoms with E-state index in [1.165, 1.54) is 32.1 Å². The first-order valence-electron chi connectivity index (χ1n) is 6.36. The fourth-order valence-corrected chi connectivity index (χ4v) is 2.29. The highest BCUT2D eigenvalue weighted by Crippen LogP contribution is 2.36. The van der Waals surface area contributed by atoms with E-state index in [1.807, 2.05) is 0 Å². The Balaban J connectivity index is 0.00000225. The fraction of sp³-hybridized carbons (Fsp3) is 1.00. The van der Waals surface area contributed by atoms with E-state index in [4.69, 9.17) is 16.3 Å². The van der Waals surface area contributed by atoms with Crippen LogP contribution in [0.4, 0.5) is 0 Å². The van der Waals surface area contributed by atoms with Crippen LogP contribution in [0.1, 0.15) is 59.3 Å². The van der Waals surface area contributed by atoms with Gasteiger partial charge >= 0.3 is 0 Å². The maximum absolute atomic E-state index is 6.55. The molecule has 0 aliphatic carbocycles. The summed E-state index contributed by atoms with van der Waals surface area (Å²) in [6.07, 6.45) is 8.07. The number of rotatable bonds is 8. The summed E-state index contributed by atoms with van der Waals surface area (Å²) in [5, 5.41) is 0. The van der Waals surface area contributed by atoms with Crippen molar-refractivity contribution in [3.63, 3.8) is 0 Å². The van der Waals surface area contributed by atoms with Gasteiger partial charge in [-0.05, 0) is 25.7 Å². The average Bonchev–Trinajstić information content (AvgIpc) is 2.95. The Morgan fingerprint density at radius 1 is 1.38 bits per heavy atom. The summed E-state index contributed by atoms with van der Waals surface area (Å²) in [5.74, 6) is 0.597. The van der Waals surface area contributed by atoms with Crippen molar-refractivity contribution in [1.29, 1.82) is 0 Å². The lowest BCUT2D eigenvalue weighted by Crippen LogP contribution is -2.28. The highest BCUT2D eigenvalue weighted by atomic mass is 35.5. The number of halogens is 1. The Bertz CT molecular complexity index is 181. The summed E-state index contributed by atoms with van der Waals surface area (Å²) >= 11 is 6.55. The number of epoxide rings is 1. The predicted octanol–water partition coefficient (Wildman–Crippen LogP) is 4.54. The first kappa shape index (κ1) is 16.2. The van der Waals surface area contributed by atoms with Crippen molar-refractivity contribution in [3.8, 4) is 0 Å². The summed E-state index contributed by atoms with van der Waals surface area (Å²) in [7, 11) is 0. The molecule has 0 aromatic carbocycles. The molecule has 1 rings (SSSR count). The third kappa shape index (κ3) is 6.07. The van der Waals surface area contributed by atoms with Crippen molar-refractivity contribution >= 4 is 11.6 Å². The number of alkyl halides is 1. The molecule has 0 amide bonds. The van der Waals surface area contributed by atoms with E-state index in [0.29, 0.717) is 12.0 Å². The van der Waals surface area contributed by atoms with Gasteiger partial charge in [-0.15, -0.1) is 11.6 Å². The van der Waals surface area contributed by atoms with Gasteiger partial charge in [-0.3, -0.25) is 0 Å². The predicted molar refractivity (Wildman–Crippen MR) is 71.6 cm³/mol. The van der Waals surface area contributed by atoms with Gasteiger partial charge in [0.1, 0.15) is 0 Å². The van der Waals surface area contributed by atoms with Crippen LogP contribution < -0.4 is 6.15 Å². The lowest BCUT2D eigenvalue weighted by atomic mass is 9.86. The van der Waals surface area contributed by atoms with Gasteiger partial charge in [0.15, 0.2) is 0 Å². The van der Waals surface area contributed by atoms with E-state index >= 15 is 0 Å². The Labute approximate surface area is 106 Å². The maximum atomic E-state index is 6.55. The van der Waals surface area contributed by atoms with E-state index in [-0.39, 0.29) is 11.0 Å². The number of hydrogen-bond donors (Lipinski definition) is 1. The zero-order valence-corrected chi connectivity index (χ0v) is 11.9. The highest BCUT2D eigenvalue weighted by molar-refractivity contribution is 6.23. The highest BCUT2D eigenvalue weighted by Gasteiger charge is 2.36. The number of unbranched alkanes of at least 4 members (excludes halogenated alkanes) is 3. The quantitative estimate of drug-likeness (QED) is 0.390. The molecule has 3 unspecified atom stereocenters.